The van der Waals surface area contributed by atoms with Crippen molar-refractivity contribution in [3.8, 4) is 11.1 Å². The van der Waals surface area contributed by atoms with Crippen LogP contribution in [0.15, 0.2) is 53.0 Å². The summed E-state index contributed by atoms with van der Waals surface area (Å²) in [6, 6.07) is 14.3. The molecule has 1 aliphatic rings. The molecule has 1 saturated heterocycles. The van der Waals surface area contributed by atoms with Gasteiger partial charge in [0, 0.05) is 16.6 Å². The van der Waals surface area contributed by atoms with Gasteiger partial charge in [-0.15, -0.1) is 0 Å². The fourth-order valence-electron chi connectivity index (χ4n) is 3.36. The Kier molecular flexibility index (Phi) is 7.15. The van der Waals surface area contributed by atoms with Crippen LogP contribution in [-0.2, 0) is 14.3 Å². The highest BCUT2D eigenvalue weighted by atomic mass is 79.9. The number of benzene rings is 2. The minimum absolute atomic E-state index is 0.294. The van der Waals surface area contributed by atoms with E-state index in [-0.39, 0.29) is 12.4 Å². The van der Waals surface area contributed by atoms with Crippen LogP contribution in [0.2, 0.25) is 0 Å². The van der Waals surface area contributed by atoms with Crippen LogP contribution in [0.5, 0.6) is 0 Å². The summed E-state index contributed by atoms with van der Waals surface area (Å²) in [6.45, 7) is 5.38. The van der Waals surface area contributed by atoms with Gasteiger partial charge in [0.25, 0.3) is 0 Å². The Labute approximate surface area is 190 Å². The lowest BCUT2D eigenvalue weighted by Crippen LogP contribution is -2.44. The maximum Gasteiger partial charge on any atom is 0.411 e. The minimum Gasteiger partial charge on any atom is -0.456 e. The smallest absolute Gasteiger partial charge is 0.411 e. The van der Waals surface area contributed by atoms with E-state index in [1.165, 1.54) is 4.90 Å². The molecule has 1 atom stereocenters. The van der Waals surface area contributed by atoms with Crippen molar-refractivity contribution in [1.29, 1.82) is 0 Å². The Balaban J connectivity index is 1.56. The van der Waals surface area contributed by atoms with Gasteiger partial charge in [-0.1, -0.05) is 52.3 Å². The van der Waals surface area contributed by atoms with E-state index in [0.717, 1.165) is 15.6 Å². The number of hydrogen-bond acceptors (Lipinski definition) is 5. The van der Waals surface area contributed by atoms with Gasteiger partial charge in [0.2, 0.25) is 0 Å². The third-order valence-electron chi connectivity index (χ3n) is 4.88. The first-order valence-electron chi connectivity index (χ1n) is 10.2. The second kappa shape index (κ2) is 9.64. The second-order valence-corrected chi connectivity index (χ2v) is 9.36. The summed E-state index contributed by atoms with van der Waals surface area (Å²) in [5, 5.41) is 0. The van der Waals surface area contributed by atoms with Gasteiger partial charge in [-0.3, -0.25) is 9.69 Å². The highest BCUT2D eigenvalue weighted by molar-refractivity contribution is 9.10. The molecule has 6 nitrogen and oxygen atoms in total. The van der Waals surface area contributed by atoms with E-state index < -0.39 is 23.7 Å². The van der Waals surface area contributed by atoms with Crippen LogP contribution in [-0.4, -0.2) is 47.5 Å². The van der Waals surface area contributed by atoms with Gasteiger partial charge in [-0.25, -0.2) is 9.59 Å². The first-order valence-corrected chi connectivity index (χ1v) is 11.0. The summed E-state index contributed by atoms with van der Waals surface area (Å²) in [7, 11) is 0. The van der Waals surface area contributed by atoms with E-state index >= 15 is 0 Å². The van der Waals surface area contributed by atoms with Crippen LogP contribution in [0.4, 0.5) is 4.79 Å². The molecular formula is C24H26BrNO5. The van der Waals surface area contributed by atoms with Crippen molar-refractivity contribution in [3.63, 3.8) is 0 Å². The SMILES string of the molecule is CC(C)(C)OC(=O)N1CCC[C@H]1C(=O)OCC(=O)c1ccc(-c2ccc(Br)cc2)cc1. The maximum absolute atomic E-state index is 12.5. The van der Waals surface area contributed by atoms with Crippen LogP contribution in [0.25, 0.3) is 11.1 Å². The monoisotopic (exact) mass is 487 g/mol. The van der Waals surface area contributed by atoms with Crippen LogP contribution >= 0.6 is 15.9 Å². The zero-order chi connectivity index (χ0) is 22.6. The number of carbonyl (C=O) groups excluding carboxylic acids is 3. The number of carbonyl (C=O) groups is 3. The Hall–Kier alpha value is -2.67. The molecule has 3 rings (SSSR count). The number of nitrogens with zero attached hydrogens (tertiary/aromatic N) is 1. The van der Waals surface area contributed by atoms with Gasteiger partial charge < -0.3 is 9.47 Å². The topological polar surface area (TPSA) is 72.9 Å². The van der Waals surface area contributed by atoms with Gasteiger partial charge in [0.15, 0.2) is 12.4 Å². The largest absolute Gasteiger partial charge is 0.456 e. The first kappa shape index (κ1) is 23.0. The molecule has 0 bridgehead atoms. The summed E-state index contributed by atoms with van der Waals surface area (Å²) in [5.74, 6) is -0.874. The molecule has 1 amide bonds. The van der Waals surface area contributed by atoms with Gasteiger partial charge in [-0.2, -0.15) is 0 Å². The molecule has 0 unspecified atom stereocenters. The number of ketones is 1. The molecule has 1 fully saturated rings. The van der Waals surface area contributed by atoms with Crippen LogP contribution < -0.4 is 0 Å². The van der Waals surface area contributed by atoms with Crippen molar-refractivity contribution in [2.75, 3.05) is 13.2 Å². The average Bonchev–Trinajstić information content (AvgIpc) is 3.21. The number of hydrogen-bond donors (Lipinski definition) is 0. The van der Waals surface area contributed by atoms with E-state index in [4.69, 9.17) is 9.47 Å². The van der Waals surface area contributed by atoms with Crippen molar-refractivity contribution in [3.05, 3.63) is 58.6 Å². The molecule has 0 N–H and O–H groups in total. The van der Waals surface area contributed by atoms with Gasteiger partial charge >= 0.3 is 12.1 Å². The molecule has 0 saturated carbocycles. The third kappa shape index (κ3) is 6.17. The Morgan fingerprint density at radius 2 is 1.58 bits per heavy atom. The second-order valence-electron chi connectivity index (χ2n) is 8.45. The predicted molar refractivity (Wildman–Crippen MR) is 121 cm³/mol. The highest BCUT2D eigenvalue weighted by Crippen LogP contribution is 2.23. The van der Waals surface area contributed by atoms with E-state index in [9.17, 15) is 14.4 Å². The Morgan fingerprint density at radius 3 is 2.16 bits per heavy atom. The summed E-state index contributed by atoms with van der Waals surface area (Å²) < 4.78 is 11.6. The van der Waals surface area contributed by atoms with E-state index in [2.05, 4.69) is 15.9 Å². The number of Topliss-reactive ketones (excluding diaryl/α,β-unsaturated/α-hetero) is 1. The molecule has 1 heterocycles. The van der Waals surface area contributed by atoms with E-state index in [0.29, 0.717) is 24.9 Å². The Bertz CT molecular complexity index is 947. The highest BCUT2D eigenvalue weighted by Gasteiger charge is 2.37. The standard InChI is InChI=1S/C24H26BrNO5/c1-24(2,3)31-23(29)26-14-4-5-20(26)22(28)30-15-21(27)18-8-6-16(7-9-18)17-10-12-19(25)13-11-17/h6-13,20H,4-5,14-15H2,1-3H3/t20-/m0/s1. The lowest BCUT2D eigenvalue weighted by atomic mass is 10.0. The molecule has 0 radical (unpaired) electrons. The molecule has 31 heavy (non-hydrogen) atoms. The number of likely N-dealkylation sites (tertiary alicyclic amines) is 1. The van der Waals surface area contributed by atoms with Crippen molar-refractivity contribution in [2.24, 2.45) is 0 Å². The normalized spacial score (nSPS) is 16.1. The summed E-state index contributed by atoms with van der Waals surface area (Å²) in [6.07, 6.45) is 0.639. The zero-order valence-electron chi connectivity index (χ0n) is 17.9. The fraction of sp³-hybridized carbons (Fsp3) is 0.375. The van der Waals surface area contributed by atoms with Gasteiger partial charge in [0.05, 0.1) is 0 Å². The lowest BCUT2D eigenvalue weighted by Gasteiger charge is -2.27. The van der Waals surface area contributed by atoms with Crippen molar-refractivity contribution in [2.45, 2.75) is 45.3 Å². The van der Waals surface area contributed by atoms with E-state index in [1.807, 2.05) is 36.4 Å². The molecule has 0 spiro atoms. The average molecular weight is 488 g/mol. The van der Waals surface area contributed by atoms with Gasteiger partial charge in [0.1, 0.15) is 11.6 Å². The Morgan fingerprint density at radius 1 is 1.00 bits per heavy atom. The number of amides is 1. The lowest BCUT2D eigenvalue weighted by molar-refractivity contribution is -0.147. The van der Waals surface area contributed by atoms with Crippen molar-refractivity contribution in [1.82, 2.24) is 4.90 Å². The quantitative estimate of drug-likeness (QED) is 0.425. The maximum atomic E-state index is 12.5. The molecule has 164 valence electrons. The zero-order valence-corrected chi connectivity index (χ0v) is 19.5. The van der Waals surface area contributed by atoms with Crippen molar-refractivity contribution < 1.29 is 23.9 Å². The minimum atomic E-state index is -0.720. The molecule has 7 heteroatoms. The number of halogens is 1. The molecule has 0 aliphatic carbocycles. The molecule has 2 aromatic carbocycles. The predicted octanol–water partition coefficient (Wildman–Crippen LogP) is 5.24. The summed E-state index contributed by atoms with van der Waals surface area (Å²) in [5.41, 5.74) is 1.84. The molecular weight excluding hydrogens is 462 g/mol. The summed E-state index contributed by atoms with van der Waals surface area (Å²) >= 11 is 3.41. The molecule has 0 aromatic heterocycles. The van der Waals surface area contributed by atoms with Crippen molar-refractivity contribution >= 4 is 33.8 Å². The number of rotatable bonds is 5. The first-order chi connectivity index (χ1) is 14.6. The third-order valence-corrected chi connectivity index (χ3v) is 5.41. The van der Waals surface area contributed by atoms with E-state index in [1.54, 1.807) is 32.9 Å². The van der Waals surface area contributed by atoms with Crippen LogP contribution in [0.1, 0.15) is 44.0 Å². The van der Waals surface area contributed by atoms with Crippen LogP contribution in [0.3, 0.4) is 0 Å². The molecule has 1 aliphatic heterocycles. The fourth-order valence-corrected chi connectivity index (χ4v) is 3.62. The number of esters is 1. The number of ether oxygens (including phenoxy) is 2. The summed E-state index contributed by atoms with van der Waals surface area (Å²) in [4.78, 5) is 38.7. The van der Waals surface area contributed by atoms with Gasteiger partial charge in [-0.05, 0) is 56.9 Å². The molecule has 2 aromatic rings. The van der Waals surface area contributed by atoms with Crippen LogP contribution in [0, 0.1) is 0 Å².